The van der Waals surface area contributed by atoms with Crippen molar-refractivity contribution >= 4 is 21.6 Å². The van der Waals surface area contributed by atoms with Gasteiger partial charge in [-0.2, -0.15) is 0 Å². The van der Waals surface area contributed by atoms with Crippen LogP contribution in [0.3, 0.4) is 0 Å². The normalized spacial score (nSPS) is 15.1. The molecule has 1 amide bonds. The van der Waals surface area contributed by atoms with Gasteiger partial charge in [0.15, 0.2) is 0 Å². The van der Waals surface area contributed by atoms with E-state index < -0.39 is 10.0 Å². The molecule has 2 aromatic heterocycles. The van der Waals surface area contributed by atoms with E-state index in [0.717, 1.165) is 41.3 Å². The van der Waals surface area contributed by atoms with E-state index in [4.69, 9.17) is 0 Å². The van der Waals surface area contributed by atoms with Gasteiger partial charge >= 0.3 is 0 Å². The number of nitrogens with zero attached hydrogens (tertiary/aromatic N) is 3. The summed E-state index contributed by atoms with van der Waals surface area (Å²) in [6, 6.07) is 14.7. The van der Waals surface area contributed by atoms with Crippen molar-refractivity contribution in [3.05, 3.63) is 95.4 Å². The van der Waals surface area contributed by atoms with E-state index in [-0.39, 0.29) is 40.5 Å². The van der Waals surface area contributed by atoms with Crippen molar-refractivity contribution in [1.29, 1.82) is 0 Å². The SMILES string of the molecule is Cc1cc(S(=O)(=O)NCc2cccnc2)cnc1-c1ccc2c(c1)CC[C@H](C)N2C(=O)c1ccc(O)cc1O. The van der Waals surface area contributed by atoms with Gasteiger partial charge in [-0.05, 0) is 79.8 Å². The molecular formula is C29H28N4O5S. The maximum Gasteiger partial charge on any atom is 0.262 e. The highest BCUT2D eigenvalue weighted by Gasteiger charge is 2.31. The number of phenols is 2. The number of carbonyl (C=O) groups is 1. The number of aryl methyl sites for hydroxylation is 2. The Kier molecular flexibility index (Phi) is 7.07. The average molecular weight is 545 g/mol. The molecule has 0 saturated heterocycles. The van der Waals surface area contributed by atoms with Crippen LogP contribution in [0.2, 0.25) is 0 Å². The van der Waals surface area contributed by atoms with Gasteiger partial charge in [-0.1, -0.05) is 12.1 Å². The Hall–Kier alpha value is -4.28. The number of amides is 1. The third-order valence-electron chi connectivity index (χ3n) is 6.87. The lowest BCUT2D eigenvalue weighted by atomic mass is 9.92. The van der Waals surface area contributed by atoms with E-state index in [1.54, 1.807) is 35.5 Å². The van der Waals surface area contributed by atoms with Crippen molar-refractivity contribution in [2.45, 2.75) is 44.2 Å². The van der Waals surface area contributed by atoms with Gasteiger partial charge in [0.2, 0.25) is 10.0 Å². The zero-order valence-corrected chi connectivity index (χ0v) is 22.3. The molecule has 200 valence electrons. The van der Waals surface area contributed by atoms with Crippen LogP contribution in [0.5, 0.6) is 11.5 Å². The number of sulfonamides is 1. The first-order valence-electron chi connectivity index (χ1n) is 12.5. The van der Waals surface area contributed by atoms with Gasteiger partial charge in [-0.3, -0.25) is 14.8 Å². The van der Waals surface area contributed by atoms with Crippen LogP contribution in [0.25, 0.3) is 11.3 Å². The number of benzene rings is 2. The number of rotatable bonds is 6. The van der Waals surface area contributed by atoms with E-state index in [1.165, 1.54) is 18.3 Å². The highest BCUT2D eigenvalue weighted by Crippen LogP contribution is 2.37. The first kappa shape index (κ1) is 26.3. The van der Waals surface area contributed by atoms with Gasteiger partial charge in [0, 0.05) is 48.5 Å². The number of aromatic nitrogens is 2. The number of carbonyl (C=O) groups excluding carboxylic acids is 1. The maximum absolute atomic E-state index is 13.4. The van der Waals surface area contributed by atoms with Crippen LogP contribution in [0.15, 0.2) is 78.1 Å². The van der Waals surface area contributed by atoms with Gasteiger partial charge < -0.3 is 15.1 Å². The molecule has 1 aliphatic rings. The van der Waals surface area contributed by atoms with Gasteiger partial charge in [-0.25, -0.2) is 13.1 Å². The zero-order valence-electron chi connectivity index (χ0n) is 21.5. The van der Waals surface area contributed by atoms with Crippen LogP contribution < -0.4 is 9.62 Å². The molecule has 5 rings (SSSR count). The molecule has 0 saturated carbocycles. The van der Waals surface area contributed by atoms with Crippen molar-refractivity contribution in [3.8, 4) is 22.8 Å². The smallest absolute Gasteiger partial charge is 0.262 e. The van der Waals surface area contributed by atoms with Crippen LogP contribution in [0.4, 0.5) is 5.69 Å². The monoisotopic (exact) mass is 544 g/mol. The highest BCUT2D eigenvalue weighted by atomic mass is 32.2. The topological polar surface area (TPSA) is 133 Å². The predicted octanol–water partition coefficient (Wildman–Crippen LogP) is 4.32. The maximum atomic E-state index is 13.4. The summed E-state index contributed by atoms with van der Waals surface area (Å²) in [5, 5.41) is 19.9. The number of fused-ring (bicyclic) bond motifs is 1. The fourth-order valence-corrected chi connectivity index (χ4v) is 5.85. The number of anilines is 1. The molecule has 9 nitrogen and oxygen atoms in total. The van der Waals surface area contributed by atoms with Crippen molar-refractivity contribution in [2.75, 3.05) is 4.90 Å². The Morgan fingerprint density at radius 1 is 1.10 bits per heavy atom. The Bertz CT molecular complexity index is 1660. The molecule has 3 N–H and O–H groups in total. The van der Waals surface area contributed by atoms with Gasteiger partial charge in [0.05, 0.1) is 11.3 Å². The number of pyridine rings is 2. The first-order valence-corrected chi connectivity index (χ1v) is 14.0. The Labute approximate surface area is 226 Å². The van der Waals surface area contributed by atoms with E-state index in [2.05, 4.69) is 14.7 Å². The van der Waals surface area contributed by atoms with Gasteiger partial charge in [0.1, 0.15) is 16.4 Å². The Balaban J connectivity index is 1.41. The summed E-state index contributed by atoms with van der Waals surface area (Å²) in [5.41, 5.74) is 4.72. The van der Waals surface area contributed by atoms with E-state index in [0.29, 0.717) is 11.3 Å². The van der Waals surface area contributed by atoms with Gasteiger partial charge in [0.25, 0.3) is 5.91 Å². The Morgan fingerprint density at radius 2 is 1.92 bits per heavy atom. The summed E-state index contributed by atoms with van der Waals surface area (Å²) in [6.07, 6.45) is 6.06. The molecule has 39 heavy (non-hydrogen) atoms. The molecule has 0 unspecified atom stereocenters. The number of aromatic hydroxyl groups is 2. The zero-order chi connectivity index (χ0) is 27.7. The number of hydrogen-bond donors (Lipinski definition) is 3. The third-order valence-corrected chi connectivity index (χ3v) is 8.24. The second kappa shape index (κ2) is 10.5. The minimum atomic E-state index is -3.77. The van der Waals surface area contributed by atoms with Crippen LogP contribution in [-0.2, 0) is 23.0 Å². The molecule has 1 atom stereocenters. The molecule has 0 aliphatic carbocycles. The fourth-order valence-electron chi connectivity index (χ4n) is 4.80. The Morgan fingerprint density at radius 3 is 2.64 bits per heavy atom. The van der Waals surface area contributed by atoms with Crippen LogP contribution in [0.1, 0.15) is 40.4 Å². The molecule has 10 heteroatoms. The molecule has 3 heterocycles. The highest BCUT2D eigenvalue weighted by molar-refractivity contribution is 7.89. The molecule has 1 aliphatic heterocycles. The lowest BCUT2D eigenvalue weighted by Gasteiger charge is -2.35. The first-order chi connectivity index (χ1) is 18.6. The quantitative estimate of drug-likeness (QED) is 0.329. The largest absolute Gasteiger partial charge is 0.508 e. The molecule has 2 aromatic carbocycles. The van der Waals surface area contributed by atoms with Gasteiger partial charge in [-0.15, -0.1) is 0 Å². The van der Waals surface area contributed by atoms with E-state index in [1.807, 2.05) is 32.0 Å². The molecule has 4 aromatic rings. The van der Waals surface area contributed by atoms with E-state index in [9.17, 15) is 23.4 Å². The minimum absolute atomic E-state index is 0.0740. The molecule has 0 fully saturated rings. The van der Waals surface area contributed by atoms with Crippen LogP contribution in [-0.4, -0.2) is 40.5 Å². The van der Waals surface area contributed by atoms with Crippen molar-refractivity contribution in [1.82, 2.24) is 14.7 Å². The second-order valence-electron chi connectivity index (χ2n) is 9.63. The standard InChI is InChI=1S/C29H28N4O5S/c1-18-12-24(39(37,38)32-16-20-4-3-11-30-15-20)17-31-28(18)22-7-10-26-21(13-22)6-5-19(2)33(26)29(36)25-9-8-23(34)14-27(25)35/h3-4,7-15,17,19,32,34-35H,5-6,16H2,1-2H3/t19-/m0/s1. The molecule has 0 bridgehead atoms. The summed E-state index contributed by atoms with van der Waals surface area (Å²) in [7, 11) is -3.77. The van der Waals surface area contributed by atoms with Crippen LogP contribution >= 0.6 is 0 Å². The summed E-state index contributed by atoms with van der Waals surface area (Å²) in [6.45, 7) is 3.89. The average Bonchev–Trinajstić information content (AvgIpc) is 2.92. The lowest BCUT2D eigenvalue weighted by Crippen LogP contribution is -2.42. The number of nitrogens with one attached hydrogen (secondary N) is 1. The van der Waals surface area contributed by atoms with Crippen molar-refractivity contribution in [2.24, 2.45) is 0 Å². The summed E-state index contributed by atoms with van der Waals surface area (Å²) in [4.78, 5) is 23.6. The number of hydrogen-bond acceptors (Lipinski definition) is 7. The van der Waals surface area contributed by atoms with Crippen molar-refractivity contribution in [3.63, 3.8) is 0 Å². The summed E-state index contributed by atoms with van der Waals surface area (Å²) < 4.78 is 28.3. The second-order valence-corrected chi connectivity index (χ2v) is 11.4. The molecule has 0 spiro atoms. The third kappa shape index (κ3) is 5.34. The summed E-state index contributed by atoms with van der Waals surface area (Å²) in [5.74, 6) is -0.746. The molecular weight excluding hydrogens is 516 g/mol. The molecule has 0 radical (unpaired) electrons. The summed E-state index contributed by atoms with van der Waals surface area (Å²) >= 11 is 0. The minimum Gasteiger partial charge on any atom is -0.508 e. The van der Waals surface area contributed by atoms with Crippen LogP contribution in [0, 0.1) is 6.92 Å². The van der Waals surface area contributed by atoms with E-state index >= 15 is 0 Å². The predicted molar refractivity (Wildman–Crippen MR) is 147 cm³/mol. The lowest BCUT2D eigenvalue weighted by molar-refractivity contribution is 0.0972. The fraction of sp³-hybridized carbons (Fsp3) is 0.207. The van der Waals surface area contributed by atoms with Crippen molar-refractivity contribution < 1.29 is 23.4 Å². The number of phenolic OH excluding ortho intramolecular Hbond substituents is 2.